The Hall–Kier alpha value is -1.16. The fourth-order valence-electron chi connectivity index (χ4n) is 1.12. The molecule has 1 aromatic carbocycles. The van der Waals surface area contributed by atoms with Gasteiger partial charge in [0.1, 0.15) is 5.82 Å². The molecule has 0 saturated heterocycles. The lowest BCUT2D eigenvalue weighted by atomic mass is 10.1. The number of rotatable bonds is 2. The lowest BCUT2D eigenvalue weighted by Crippen LogP contribution is -1.96. The Morgan fingerprint density at radius 2 is 2.20 bits per heavy atom. The van der Waals surface area contributed by atoms with E-state index >= 15 is 0 Å². The van der Waals surface area contributed by atoms with Gasteiger partial charge in [-0.25, -0.2) is 9.18 Å². The molecule has 2 nitrogen and oxygen atoms in total. The Morgan fingerprint density at radius 3 is 2.73 bits per heavy atom. The van der Waals surface area contributed by atoms with E-state index in [4.69, 9.17) is 0 Å². The zero-order valence-corrected chi connectivity index (χ0v) is 9.97. The summed E-state index contributed by atoms with van der Waals surface area (Å²) >= 11 is 3.16. The first-order valence-electron chi connectivity index (χ1n) is 4.26. The zero-order chi connectivity index (χ0) is 11.4. The average molecular weight is 273 g/mol. The molecule has 0 spiro atoms. The third kappa shape index (κ3) is 3.16. The van der Waals surface area contributed by atoms with E-state index in [9.17, 15) is 9.18 Å². The maximum Gasteiger partial charge on any atom is 0.330 e. The highest BCUT2D eigenvalue weighted by Gasteiger charge is 2.06. The number of carbonyl (C=O) groups excluding carboxylic acids is 1. The van der Waals surface area contributed by atoms with Crippen LogP contribution in [0.1, 0.15) is 12.5 Å². The standard InChI is InChI=1S/C11H10BrFO2/c1-7(5-11(14)15-2)9-4-3-8(12)6-10(9)13/h3-6H,1-2H3/b7-5-. The van der Waals surface area contributed by atoms with Crippen LogP contribution < -0.4 is 0 Å². The zero-order valence-electron chi connectivity index (χ0n) is 8.38. The van der Waals surface area contributed by atoms with Crippen molar-refractivity contribution >= 4 is 27.5 Å². The summed E-state index contributed by atoms with van der Waals surface area (Å²) in [4.78, 5) is 10.9. The number of hydrogen-bond donors (Lipinski definition) is 0. The highest BCUT2D eigenvalue weighted by Crippen LogP contribution is 2.21. The van der Waals surface area contributed by atoms with E-state index in [0.717, 1.165) is 0 Å². The molecule has 80 valence electrons. The molecule has 0 aromatic heterocycles. The van der Waals surface area contributed by atoms with Gasteiger partial charge in [-0.1, -0.05) is 22.0 Å². The predicted octanol–water partition coefficient (Wildman–Crippen LogP) is 3.16. The molecule has 0 radical (unpaired) electrons. The Kier molecular flexibility index (Phi) is 4.03. The van der Waals surface area contributed by atoms with Crippen LogP contribution in [0.15, 0.2) is 28.7 Å². The van der Waals surface area contributed by atoms with Crippen molar-refractivity contribution in [2.45, 2.75) is 6.92 Å². The van der Waals surface area contributed by atoms with Gasteiger partial charge < -0.3 is 4.74 Å². The summed E-state index contributed by atoms with van der Waals surface area (Å²) in [5.74, 6) is -0.864. The molecule has 0 saturated carbocycles. The van der Waals surface area contributed by atoms with Gasteiger partial charge in [0, 0.05) is 16.1 Å². The number of methoxy groups -OCH3 is 1. The van der Waals surface area contributed by atoms with Crippen molar-refractivity contribution in [2.24, 2.45) is 0 Å². The second-order valence-electron chi connectivity index (χ2n) is 2.97. The highest BCUT2D eigenvalue weighted by atomic mass is 79.9. The number of carbonyl (C=O) groups is 1. The summed E-state index contributed by atoms with van der Waals surface area (Å²) in [6.45, 7) is 1.66. The molecule has 1 aromatic rings. The topological polar surface area (TPSA) is 26.3 Å². The van der Waals surface area contributed by atoms with Crippen LogP contribution in [0, 0.1) is 5.82 Å². The van der Waals surface area contributed by atoms with Crippen LogP contribution in [0.3, 0.4) is 0 Å². The number of hydrogen-bond acceptors (Lipinski definition) is 2. The van der Waals surface area contributed by atoms with Gasteiger partial charge >= 0.3 is 5.97 Å². The number of ether oxygens (including phenoxy) is 1. The number of allylic oxidation sites excluding steroid dienone is 1. The number of halogens is 2. The predicted molar refractivity (Wildman–Crippen MR) is 59.8 cm³/mol. The minimum Gasteiger partial charge on any atom is -0.466 e. The van der Waals surface area contributed by atoms with E-state index in [0.29, 0.717) is 15.6 Å². The monoisotopic (exact) mass is 272 g/mol. The van der Waals surface area contributed by atoms with Gasteiger partial charge in [0.25, 0.3) is 0 Å². The van der Waals surface area contributed by atoms with Crippen molar-refractivity contribution in [1.29, 1.82) is 0 Å². The van der Waals surface area contributed by atoms with Gasteiger partial charge in [-0.3, -0.25) is 0 Å². The van der Waals surface area contributed by atoms with E-state index in [1.807, 2.05) is 0 Å². The maximum absolute atomic E-state index is 13.4. The second kappa shape index (κ2) is 5.07. The number of esters is 1. The van der Waals surface area contributed by atoms with Crippen molar-refractivity contribution in [3.8, 4) is 0 Å². The molecule has 15 heavy (non-hydrogen) atoms. The molecule has 0 aliphatic heterocycles. The Balaban J connectivity index is 3.06. The first-order chi connectivity index (χ1) is 7.04. The summed E-state index contributed by atoms with van der Waals surface area (Å²) in [7, 11) is 1.28. The lowest BCUT2D eigenvalue weighted by Gasteiger charge is -2.03. The van der Waals surface area contributed by atoms with Gasteiger partial charge in [-0.05, 0) is 24.6 Å². The first-order valence-corrected chi connectivity index (χ1v) is 5.05. The van der Waals surface area contributed by atoms with Crippen molar-refractivity contribution in [3.05, 3.63) is 40.1 Å². The molecule has 0 heterocycles. The molecule has 0 aliphatic rings. The minimum absolute atomic E-state index is 0.373. The molecule has 0 bridgehead atoms. The summed E-state index contributed by atoms with van der Waals surface area (Å²) in [5, 5.41) is 0. The molecule has 0 fully saturated rings. The second-order valence-corrected chi connectivity index (χ2v) is 3.89. The molecule has 1 rings (SSSR count). The molecule has 4 heteroatoms. The van der Waals surface area contributed by atoms with Crippen LogP contribution in [0.25, 0.3) is 5.57 Å². The van der Waals surface area contributed by atoms with E-state index < -0.39 is 5.97 Å². The van der Waals surface area contributed by atoms with Crippen molar-refractivity contribution in [3.63, 3.8) is 0 Å². The van der Waals surface area contributed by atoms with Gasteiger partial charge in [0.2, 0.25) is 0 Å². The van der Waals surface area contributed by atoms with Crippen LogP contribution in [0.4, 0.5) is 4.39 Å². The van der Waals surface area contributed by atoms with E-state index in [1.54, 1.807) is 19.1 Å². The molecule has 0 aliphatic carbocycles. The van der Waals surface area contributed by atoms with E-state index in [-0.39, 0.29) is 5.82 Å². The van der Waals surface area contributed by atoms with Crippen molar-refractivity contribution < 1.29 is 13.9 Å². The molecular weight excluding hydrogens is 263 g/mol. The minimum atomic E-state index is -0.491. The molecule has 0 N–H and O–H groups in total. The summed E-state index contributed by atoms with van der Waals surface area (Å²) in [6, 6.07) is 4.67. The lowest BCUT2D eigenvalue weighted by molar-refractivity contribution is -0.134. The molecule has 0 atom stereocenters. The van der Waals surface area contributed by atoms with Gasteiger partial charge in [0.15, 0.2) is 0 Å². The highest BCUT2D eigenvalue weighted by molar-refractivity contribution is 9.10. The first kappa shape index (κ1) is 11.9. The van der Waals surface area contributed by atoms with Crippen molar-refractivity contribution in [2.75, 3.05) is 7.11 Å². The molecule has 0 unspecified atom stereocenters. The third-order valence-electron chi connectivity index (χ3n) is 1.89. The van der Waals surface area contributed by atoms with Crippen LogP contribution in [-0.4, -0.2) is 13.1 Å². The van der Waals surface area contributed by atoms with Crippen LogP contribution in [0.5, 0.6) is 0 Å². The quantitative estimate of drug-likeness (QED) is 0.611. The van der Waals surface area contributed by atoms with Gasteiger partial charge in [-0.15, -0.1) is 0 Å². The third-order valence-corrected chi connectivity index (χ3v) is 2.38. The molecule has 0 amide bonds. The van der Waals surface area contributed by atoms with Crippen LogP contribution in [-0.2, 0) is 9.53 Å². The Morgan fingerprint density at radius 1 is 1.53 bits per heavy atom. The van der Waals surface area contributed by atoms with E-state index in [2.05, 4.69) is 20.7 Å². The van der Waals surface area contributed by atoms with Gasteiger partial charge in [0.05, 0.1) is 7.11 Å². The Bertz CT molecular complexity index is 413. The van der Waals surface area contributed by atoms with Crippen LogP contribution >= 0.6 is 15.9 Å². The Labute approximate surface area is 95.9 Å². The SMILES string of the molecule is COC(=O)/C=C(/C)c1ccc(Br)cc1F. The normalized spacial score (nSPS) is 11.3. The molecular formula is C11H10BrFO2. The number of benzene rings is 1. The largest absolute Gasteiger partial charge is 0.466 e. The maximum atomic E-state index is 13.4. The smallest absolute Gasteiger partial charge is 0.330 e. The summed E-state index contributed by atoms with van der Waals surface area (Å²) in [5.41, 5.74) is 0.926. The van der Waals surface area contributed by atoms with Gasteiger partial charge in [-0.2, -0.15) is 0 Å². The van der Waals surface area contributed by atoms with Crippen molar-refractivity contribution in [1.82, 2.24) is 0 Å². The fraction of sp³-hybridized carbons (Fsp3) is 0.182. The average Bonchev–Trinajstić information content (AvgIpc) is 2.17. The van der Waals surface area contributed by atoms with E-state index in [1.165, 1.54) is 19.3 Å². The summed E-state index contributed by atoms with van der Waals surface area (Å²) in [6.07, 6.45) is 1.26. The fourth-order valence-corrected chi connectivity index (χ4v) is 1.46. The summed E-state index contributed by atoms with van der Waals surface area (Å²) < 4.78 is 18.6. The van der Waals surface area contributed by atoms with Crippen LogP contribution in [0.2, 0.25) is 0 Å².